The molecule has 1 fully saturated rings. The number of hydrogen-bond donors (Lipinski definition) is 0. The summed E-state index contributed by atoms with van der Waals surface area (Å²) in [6.45, 7) is 2.06. The minimum Gasteiger partial charge on any atom is -0.418 e. The van der Waals surface area contributed by atoms with Crippen LogP contribution in [0.4, 0.5) is 0 Å². The van der Waals surface area contributed by atoms with Gasteiger partial charge in [-0.15, -0.1) is 0 Å². The lowest BCUT2D eigenvalue weighted by atomic mass is 11.0. The van der Waals surface area contributed by atoms with Gasteiger partial charge >= 0.3 is 19.3 Å². The van der Waals surface area contributed by atoms with Crippen LogP contribution in [0.25, 0.3) is 0 Å². The van der Waals surface area contributed by atoms with E-state index in [1.165, 1.54) is 0 Å². The van der Waals surface area contributed by atoms with Gasteiger partial charge < -0.3 is 4.12 Å². The van der Waals surface area contributed by atoms with Crippen LogP contribution < -0.4 is 0 Å². The van der Waals surface area contributed by atoms with Gasteiger partial charge in [0.05, 0.1) is 0 Å². The van der Waals surface area contributed by atoms with Crippen molar-refractivity contribution in [3.05, 3.63) is 0 Å². The van der Waals surface area contributed by atoms with Crippen molar-refractivity contribution in [3.8, 4) is 0 Å². The summed E-state index contributed by atoms with van der Waals surface area (Å²) in [5.74, 6) is 0. The van der Waals surface area contributed by atoms with Gasteiger partial charge in [0.15, 0.2) is 0 Å². The van der Waals surface area contributed by atoms with Crippen LogP contribution in [-0.4, -0.2) is 19.3 Å². The van der Waals surface area contributed by atoms with Crippen molar-refractivity contribution in [2.45, 2.75) is 13.0 Å². The van der Waals surface area contributed by atoms with E-state index in [2.05, 4.69) is 11.5 Å². The molecule has 0 bridgehead atoms. The second-order valence-corrected chi connectivity index (χ2v) is 5.01. The van der Waals surface area contributed by atoms with Crippen molar-refractivity contribution in [2.24, 2.45) is 0 Å². The van der Waals surface area contributed by atoms with Gasteiger partial charge in [0.1, 0.15) is 0 Å². The fourth-order valence-electron chi connectivity index (χ4n) is 0.421. The van der Waals surface area contributed by atoms with Gasteiger partial charge in [-0.3, -0.25) is 9.15 Å². The summed E-state index contributed by atoms with van der Waals surface area (Å²) in [6.07, 6.45) is 0. The fourth-order valence-corrected chi connectivity index (χ4v) is 3.38. The van der Waals surface area contributed by atoms with E-state index >= 15 is 0 Å². The van der Waals surface area contributed by atoms with Crippen molar-refractivity contribution in [1.82, 2.24) is 0 Å². The summed E-state index contributed by atoms with van der Waals surface area (Å²) in [4.78, 5) is 0. The van der Waals surface area contributed by atoms with E-state index < -0.39 is 19.3 Å². The van der Waals surface area contributed by atoms with Crippen LogP contribution in [0.3, 0.4) is 0 Å². The Morgan fingerprint density at radius 1 is 1.71 bits per heavy atom. The average Bonchev–Trinajstić information content (AvgIpc) is 2.14. The predicted molar refractivity (Wildman–Crippen MR) is 29.4 cm³/mol. The summed E-state index contributed by atoms with van der Waals surface area (Å²) in [7, 11) is -1.90. The third-order valence-corrected chi connectivity index (χ3v) is 4.36. The molecular formula is C2H8O3Si2. The predicted octanol–water partition coefficient (Wildman–Crippen LogP) is -0.796. The summed E-state index contributed by atoms with van der Waals surface area (Å²) >= 11 is 0. The van der Waals surface area contributed by atoms with Gasteiger partial charge in [-0.25, -0.2) is 0 Å². The molecule has 0 N–H and O–H groups in total. The third-order valence-electron chi connectivity index (χ3n) is 0.811. The molecule has 0 saturated carbocycles. The molecule has 1 rings (SSSR count). The zero-order valence-corrected chi connectivity index (χ0v) is 6.79. The molecule has 5 heteroatoms. The Labute approximate surface area is 46.4 Å². The van der Waals surface area contributed by atoms with E-state index in [1.54, 1.807) is 0 Å². The Kier molecular flexibility index (Phi) is 2.01. The molecule has 0 spiro atoms. The van der Waals surface area contributed by atoms with Gasteiger partial charge in [0.25, 0.3) is 0 Å². The van der Waals surface area contributed by atoms with Crippen LogP contribution >= 0.6 is 0 Å². The van der Waals surface area contributed by atoms with Crippen LogP contribution in [0.5, 0.6) is 0 Å². The van der Waals surface area contributed by atoms with E-state index in [-0.39, 0.29) is 0 Å². The standard InChI is InChI=1S/C2H8O3Si2/c1-2-7-4-3-6-5-7/h7H,2,6H2,1H3. The van der Waals surface area contributed by atoms with E-state index in [1.807, 2.05) is 0 Å². The molecule has 1 saturated heterocycles. The molecule has 0 aromatic carbocycles. The van der Waals surface area contributed by atoms with Crippen molar-refractivity contribution in [2.75, 3.05) is 0 Å². The first-order chi connectivity index (χ1) is 3.43. The van der Waals surface area contributed by atoms with Gasteiger partial charge in [-0.2, -0.15) is 0 Å². The molecular weight excluding hydrogens is 128 g/mol. The molecule has 1 aliphatic heterocycles. The maximum absolute atomic E-state index is 5.14. The summed E-state index contributed by atoms with van der Waals surface area (Å²) in [6, 6.07) is 1.02. The van der Waals surface area contributed by atoms with E-state index in [9.17, 15) is 0 Å². The Balaban J connectivity index is 2.14. The molecule has 0 amide bonds. The molecule has 0 radical (unpaired) electrons. The van der Waals surface area contributed by atoms with E-state index in [0.29, 0.717) is 0 Å². The molecule has 0 aromatic heterocycles. The molecule has 1 unspecified atom stereocenters. The molecule has 3 nitrogen and oxygen atoms in total. The Morgan fingerprint density at radius 2 is 2.57 bits per heavy atom. The smallest absolute Gasteiger partial charge is 0.349 e. The lowest BCUT2D eigenvalue weighted by Crippen LogP contribution is -2.10. The van der Waals surface area contributed by atoms with Crippen LogP contribution in [0.15, 0.2) is 0 Å². The minimum absolute atomic E-state index is 0.676. The molecule has 42 valence electrons. The first-order valence-corrected chi connectivity index (χ1v) is 5.24. The topological polar surface area (TPSA) is 27.7 Å². The lowest BCUT2D eigenvalue weighted by Gasteiger charge is -1.95. The maximum Gasteiger partial charge on any atom is 0.349 e. The minimum atomic E-state index is -1.22. The van der Waals surface area contributed by atoms with Crippen LogP contribution in [0, 0.1) is 0 Å². The molecule has 7 heavy (non-hydrogen) atoms. The molecule has 1 atom stereocenters. The summed E-state index contributed by atoms with van der Waals surface area (Å²) in [5, 5.41) is 0. The maximum atomic E-state index is 5.14. The molecule has 0 aromatic rings. The van der Waals surface area contributed by atoms with Crippen molar-refractivity contribution < 1.29 is 13.3 Å². The largest absolute Gasteiger partial charge is 0.418 e. The zero-order valence-electron chi connectivity index (χ0n) is 4.22. The monoisotopic (exact) mass is 136 g/mol. The second-order valence-electron chi connectivity index (χ2n) is 1.34. The zero-order chi connectivity index (χ0) is 5.11. The quantitative estimate of drug-likeness (QED) is 0.349. The first kappa shape index (κ1) is 5.45. The fraction of sp³-hybridized carbons (Fsp3) is 1.00. The van der Waals surface area contributed by atoms with Crippen LogP contribution in [0.1, 0.15) is 6.92 Å². The SMILES string of the molecule is CC[SiH]1OO[SiH2]O1. The van der Waals surface area contributed by atoms with Crippen molar-refractivity contribution >= 4 is 19.3 Å². The van der Waals surface area contributed by atoms with Gasteiger partial charge in [0.2, 0.25) is 0 Å². The van der Waals surface area contributed by atoms with Gasteiger partial charge in [-0.05, 0) is 6.04 Å². The summed E-state index contributed by atoms with van der Waals surface area (Å²) in [5.41, 5.74) is 0. The third kappa shape index (κ3) is 1.35. The van der Waals surface area contributed by atoms with Gasteiger partial charge in [-0.1, -0.05) is 6.92 Å². The Morgan fingerprint density at radius 3 is 2.86 bits per heavy atom. The highest BCUT2D eigenvalue weighted by Crippen LogP contribution is 2.01. The Hall–Kier alpha value is 0.314. The Bertz CT molecular complexity index is 52.9. The van der Waals surface area contributed by atoms with Crippen molar-refractivity contribution in [3.63, 3.8) is 0 Å². The second kappa shape index (κ2) is 2.58. The van der Waals surface area contributed by atoms with Crippen LogP contribution in [0.2, 0.25) is 6.04 Å². The first-order valence-electron chi connectivity index (χ1n) is 2.33. The molecule has 1 heterocycles. The normalized spacial score (nSPS) is 34.7. The van der Waals surface area contributed by atoms with Crippen molar-refractivity contribution in [1.29, 1.82) is 0 Å². The molecule has 0 aliphatic carbocycles. The van der Waals surface area contributed by atoms with Crippen LogP contribution in [-0.2, 0) is 13.3 Å². The lowest BCUT2D eigenvalue weighted by molar-refractivity contribution is -0.0924. The van der Waals surface area contributed by atoms with E-state index in [4.69, 9.17) is 8.69 Å². The highest BCUT2D eigenvalue weighted by Gasteiger charge is 2.17. The average molecular weight is 136 g/mol. The molecule has 1 aliphatic rings. The number of rotatable bonds is 1. The number of hydrogen-bond acceptors (Lipinski definition) is 3. The van der Waals surface area contributed by atoms with Gasteiger partial charge in [0, 0.05) is 0 Å². The van der Waals surface area contributed by atoms with E-state index in [0.717, 1.165) is 6.04 Å². The highest BCUT2D eigenvalue weighted by atomic mass is 28.4. The highest BCUT2D eigenvalue weighted by molar-refractivity contribution is 6.53. The summed E-state index contributed by atoms with van der Waals surface area (Å²) < 4.78 is 14.5.